The average Bonchev–Trinajstić information content (AvgIpc) is 2.75. The number of rotatable bonds is 6. The van der Waals surface area contributed by atoms with Gasteiger partial charge in [0.1, 0.15) is 0 Å². The van der Waals surface area contributed by atoms with Crippen molar-refractivity contribution in [2.45, 2.75) is 38.0 Å². The molecule has 0 saturated heterocycles. The van der Waals surface area contributed by atoms with E-state index in [0.717, 1.165) is 18.4 Å². The van der Waals surface area contributed by atoms with E-state index in [1.54, 1.807) is 0 Å². The monoisotopic (exact) mass is 248 g/mol. The minimum Gasteiger partial charge on any atom is -0.481 e. The molecule has 3 heteroatoms. The van der Waals surface area contributed by atoms with Gasteiger partial charge in [-0.1, -0.05) is 24.3 Å². The summed E-state index contributed by atoms with van der Waals surface area (Å²) in [6, 6.07) is 7.93. The number of carboxylic acid groups (broad SMARTS) is 1. The number of benzene rings is 1. The van der Waals surface area contributed by atoms with Crippen molar-refractivity contribution in [1.82, 2.24) is 0 Å². The zero-order chi connectivity index (χ0) is 13.0. The molecule has 1 aromatic rings. The number of aryl methyl sites for hydroxylation is 1. The first kappa shape index (κ1) is 13.1. The molecule has 2 rings (SSSR count). The molecule has 0 heterocycles. The van der Waals surface area contributed by atoms with Crippen LogP contribution in [0.2, 0.25) is 0 Å². The lowest BCUT2D eigenvalue weighted by atomic mass is 9.78. The van der Waals surface area contributed by atoms with E-state index in [9.17, 15) is 9.90 Å². The minimum atomic E-state index is -0.691. The summed E-state index contributed by atoms with van der Waals surface area (Å²) in [5.41, 5.74) is 1.51. The predicted octanol–water partition coefficient (Wildman–Crippen LogP) is 2.77. The van der Waals surface area contributed by atoms with E-state index < -0.39 is 11.4 Å². The zero-order valence-corrected chi connectivity index (χ0v) is 10.8. The van der Waals surface area contributed by atoms with Crippen molar-refractivity contribution in [3.63, 3.8) is 0 Å². The number of aliphatic carboxylic acids is 1. The van der Waals surface area contributed by atoms with Gasteiger partial charge >= 0.3 is 5.97 Å². The first-order valence-electron chi connectivity index (χ1n) is 6.60. The maximum absolute atomic E-state index is 11.7. The molecule has 98 valence electrons. The maximum Gasteiger partial charge on any atom is 0.314 e. The molecular formula is C15H20O3. The molecular weight excluding hydrogens is 228 g/mol. The Morgan fingerprint density at radius 2 is 2.22 bits per heavy atom. The quantitative estimate of drug-likeness (QED) is 0.787. The Labute approximate surface area is 108 Å². The number of ether oxygens (including phenoxy) is 1. The number of hydrogen-bond acceptors (Lipinski definition) is 2. The van der Waals surface area contributed by atoms with Gasteiger partial charge in [0.15, 0.2) is 0 Å². The van der Waals surface area contributed by atoms with Crippen LogP contribution in [0.4, 0.5) is 0 Å². The second-order valence-electron chi connectivity index (χ2n) is 4.84. The highest BCUT2D eigenvalue weighted by molar-refractivity contribution is 5.83. The molecule has 0 aromatic heterocycles. The summed E-state index contributed by atoms with van der Waals surface area (Å²) in [5, 5.41) is 9.63. The van der Waals surface area contributed by atoms with Crippen LogP contribution >= 0.6 is 0 Å². The standard InChI is InChI=1S/C15H20O3/c1-2-18-11-5-9-15(14(16)17)10-8-12-6-3-4-7-13(12)15/h3-4,6-7H,2,5,8-11H2,1H3,(H,16,17). The molecule has 1 aliphatic rings. The van der Waals surface area contributed by atoms with E-state index in [-0.39, 0.29) is 0 Å². The van der Waals surface area contributed by atoms with Gasteiger partial charge in [-0.15, -0.1) is 0 Å². The van der Waals surface area contributed by atoms with Crippen molar-refractivity contribution in [3.8, 4) is 0 Å². The summed E-state index contributed by atoms with van der Waals surface area (Å²) in [5.74, 6) is -0.691. The van der Waals surface area contributed by atoms with E-state index in [1.807, 2.05) is 31.2 Å². The smallest absolute Gasteiger partial charge is 0.314 e. The van der Waals surface area contributed by atoms with E-state index in [4.69, 9.17) is 4.74 Å². The fourth-order valence-corrected chi connectivity index (χ4v) is 2.90. The molecule has 0 saturated carbocycles. The Morgan fingerprint density at radius 3 is 2.94 bits per heavy atom. The Kier molecular flexibility index (Phi) is 4.02. The van der Waals surface area contributed by atoms with Gasteiger partial charge < -0.3 is 9.84 Å². The maximum atomic E-state index is 11.7. The highest BCUT2D eigenvalue weighted by atomic mass is 16.5. The van der Waals surface area contributed by atoms with Gasteiger partial charge in [-0.2, -0.15) is 0 Å². The Morgan fingerprint density at radius 1 is 1.44 bits per heavy atom. The zero-order valence-electron chi connectivity index (χ0n) is 10.8. The normalized spacial score (nSPS) is 21.8. The second kappa shape index (κ2) is 5.53. The van der Waals surface area contributed by atoms with Gasteiger partial charge in [-0.05, 0) is 43.7 Å². The van der Waals surface area contributed by atoms with Crippen LogP contribution in [0.1, 0.15) is 37.3 Å². The van der Waals surface area contributed by atoms with Gasteiger partial charge in [-0.3, -0.25) is 4.79 Å². The highest BCUT2D eigenvalue weighted by Gasteiger charge is 2.44. The molecule has 0 radical (unpaired) electrons. The van der Waals surface area contributed by atoms with E-state index in [1.165, 1.54) is 5.56 Å². The van der Waals surface area contributed by atoms with Crippen molar-refractivity contribution >= 4 is 5.97 Å². The average molecular weight is 248 g/mol. The molecule has 1 atom stereocenters. The van der Waals surface area contributed by atoms with Crippen LogP contribution in [0.15, 0.2) is 24.3 Å². The molecule has 1 aliphatic carbocycles. The molecule has 0 aliphatic heterocycles. The number of carbonyl (C=O) groups is 1. The summed E-state index contributed by atoms with van der Waals surface area (Å²) < 4.78 is 5.31. The van der Waals surface area contributed by atoms with Crippen LogP contribution in [0, 0.1) is 0 Å². The lowest BCUT2D eigenvalue weighted by Gasteiger charge is -2.25. The lowest BCUT2D eigenvalue weighted by Crippen LogP contribution is -2.33. The summed E-state index contributed by atoms with van der Waals surface area (Å²) in [6.45, 7) is 3.29. The van der Waals surface area contributed by atoms with E-state index >= 15 is 0 Å². The highest BCUT2D eigenvalue weighted by Crippen LogP contribution is 2.42. The Balaban J connectivity index is 2.17. The molecule has 0 spiro atoms. The third kappa shape index (κ3) is 2.27. The summed E-state index contributed by atoms with van der Waals surface area (Å²) in [4.78, 5) is 11.7. The molecule has 3 nitrogen and oxygen atoms in total. The van der Waals surface area contributed by atoms with E-state index in [0.29, 0.717) is 26.1 Å². The first-order chi connectivity index (χ1) is 8.70. The molecule has 1 N–H and O–H groups in total. The Bertz CT molecular complexity index is 428. The topological polar surface area (TPSA) is 46.5 Å². The number of hydrogen-bond donors (Lipinski definition) is 1. The third-order valence-electron chi connectivity index (χ3n) is 3.86. The van der Waals surface area contributed by atoms with Crippen molar-refractivity contribution < 1.29 is 14.6 Å². The number of fused-ring (bicyclic) bond motifs is 1. The van der Waals surface area contributed by atoms with Gasteiger partial charge in [-0.25, -0.2) is 0 Å². The fraction of sp³-hybridized carbons (Fsp3) is 0.533. The van der Waals surface area contributed by atoms with Crippen LogP contribution in [-0.4, -0.2) is 24.3 Å². The molecule has 0 amide bonds. The predicted molar refractivity (Wildman–Crippen MR) is 69.8 cm³/mol. The second-order valence-corrected chi connectivity index (χ2v) is 4.84. The summed E-state index contributed by atoms with van der Waals surface area (Å²) in [6.07, 6.45) is 3.05. The molecule has 0 fully saturated rings. The lowest BCUT2D eigenvalue weighted by molar-refractivity contribution is -0.144. The molecule has 18 heavy (non-hydrogen) atoms. The third-order valence-corrected chi connectivity index (χ3v) is 3.86. The van der Waals surface area contributed by atoms with Gasteiger partial charge in [0, 0.05) is 13.2 Å². The summed E-state index contributed by atoms with van der Waals surface area (Å²) in [7, 11) is 0. The van der Waals surface area contributed by atoms with Crippen LogP contribution in [-0.2, 0) is 21.4 Å². The Hall–Kier alpha value is -1.35. The van der Waals surface area contributed by atoms with Crippen LogP contribution < -0.4 is 0 Å². The van der Waals surface area contributed by atoms with Crippen molar-refractivity contribution in [3.05, 3.63) is 35.4 Å². The van der Waals surface area contributed by atoms with Crippen LogP contribution in [0.3, 0.4) is 0 Å². The van der Waals surface area contributed by atoms with E-state index in [2.05, 4.69) is 0 Å². The van der Waals surface area contributed by atoms with Crippen molar-refractivity contribution in [2.24, 2.45) is 0 Å². The molecule has 1 unspecified atom stereocenters. The van der Waals surface area contributed by atoms with Crippen LogP contribution in [0.25, 0.3) is 0 Å². The van der Waals surface area contributed by atoms with Gasteiger partial charge in [0.2, 0.25) is 0 Å². The number of carboxylic acids is 1. The molecule has 1 aromatic carbocycles. The minimum absolute atomic E-state index is 0.647. The van der Waals surface area contributed by atoms with Gasteiger partial charge in [0.25, 0.3) is 0 Å². The van der Waals surface area contributed by atoms with Crippen molar-refractivity contribution in [1.29, 1.82) is 0 Å². The van der Waals surface area contributed by atoms with Crippen molar-refractivity contribution in [2.75, 3.05) is 13.2 Å². The van der Waals surface area contributed by atoms with Crippen LogP contribution in [0.5, 0.6) is 0 Å². The SMILES string of the molecule is CCOCCCC1(C(=O)O)CCc2ccccc21. The summed E-state index contributed by atoms with van der Waals surface area (Å²) >= 11 is 0. The first-order valence-corrected chi connectivity index (χ1v) is 6.60. The van der Waals surface area contributed by atoms with Gasteiger partial charge in [0.05, 0.1) is 5.41 Å². The molecule has 0 bridgehead atoms. The fourth-order valence-electron chi connectivity index (χ4n) is 2.90. The largest absolute Gasteiger partial charge is 0.481 e.